The van der Waals surface area contributed by atoms with Crippen molar-refractivity contribution in [3.8, 4) is 11.5 Å². The van der Waals surface area contributed by atoms with Gasteiger partial charge in [0.25, 0.3) is 11.8 Å². The van der Waals surface area contributed by atoms with Crippen LogP contribution in [0.25, 0.3) is 22.1 Å². The summed E-state index contributed by atoms with van der Waals surface area (Å²) < 4.78 is 24.7. The van der Waals surface area contributed by atoms with Gasteiger partial charge in [-0.05, 0) is 71.0 Å². The van der Waals surface area contributed by atoms with Crippen LogP contribution in [0.5, 0.6) is 11.5 Å². The number of amides is 3. The fourth-order valence-corrected chi connectivity index (χ4v) is 6.75. The Morgan fingerprint density at radius 3 is 1.65 bits per heavy atom. The number of anilines is 2. The molecule has 7 rings (SSSR count). The van der Waals surface area contributed by atoms with Crippen LogP contribution in [-0.4, -0.2) is 82.2 Å². The first-order chi connectivity index (χ1) is 27.5. The molecule has 0 spiro atoms. The number of allylic oxidation sites excluding steroid dienone is 2. The van der Waals surface area contributed by atoms with Crippen LogP contribution in [0.15, 0.2) is 48.6 Å². The monoisotopic (exact) mass is 777 g/mol. The van der Waals surface area contributed by atoms with E-state index in [9.17, 15) is 19.2 Å². The molecule has 0 saturated carbocycles. The molecule has 4 N–H and O–H groups in total. The molecule has 18 heteroatoms. The molecule has 0 fully saturated rings. The molecule has 4 aromatic heterocycles. The Bertz CT molecular complexity index is 2580. The summed E-state index contributed by atoms with van der Waals surface area (Å²) in [5, 5.41) is 14.7. The van der Waals surface area contributed by atoms with E-state index < -0.39 is 23.7 Å². The van der Waals surface area contributed by atoms with Crippen molar-refractivity contribution in [2.45, 2.75) is 67.2 Å². The highest BCUT2D eigenvalue weighted by Crippen LogP contribution is 2.34. The smallest absolute Gasteiger partial charge is 0.338 e. The molecule has 0 aliphatic carbocycles. The molecule has 1 aliphatic heterocycles. The minimum absolute atomic E-state index is 0.154. The SMILES string of the molecule is CCOC(=O)c1cc2c3c(c1)nc(NC(=O)c1cc(C)nn1CC)n3C/C=C/Cn1c(NC(=O)c3cc(C)nn3CC)nc3cc(C(N)=O)cc(c31)OCCCO2. The average Bonchev–Trinajstić information content (AvgIpc) is 3.94. The highest BCUT2D eigenvalue weighted by atomic mass is 16.5. The van der Waals surface area contributed by atoms with E-state index in [2.05, 4.69) is 20.8 Å². The number of nitrogens with zero attached hydrogens (tertiary/aromatic N) is 8. The summed E-state index contributed by atoms with van der Waals surface area (Å²) in [5.41, 5.74) is 10.1. The van der Waals surface area contributed by atoms with E-state index in [1.165, 1.54) is 0 Å². The summed E-state index contributed by atoms with van der Waals surface area (Å²) in [4.78, 5) is 62.2. The van der Waals surface area contributed by atoms with Crippen molar-refractivity contribution in [2.24, 2.45) is 5.73 Å². The van der Waals surface area contributed by atoms with Gasteiger partial charge in [0.05, 0.1) is 47.8 Å². The molecule has 6 aromatic rings. The van der Waals surface area contributed by atoms with Crippen molar-refractivity contribution >= 4 is 57.7 Å². The number of nitrogens with two attached hydrogens (primary N) is 1. The molecule has 0 radical (unpaired) electrons. The molecule has 0 unspecified atom stereocenters. The number of esters is 1. The van der Waals surface area contributed by atoms with E-state index in [1.54, 1.807) is 61.8 Å². The molecular weight excluding hydrogens is 734 g/mol. The highest BCUT2D eigenvalue weighted by molar-refractivity contribution is 6.05. The van der Waals surface area contributed by atoms with Crippen LogP contribution in [0.2, 0.25) is 0 Å². The van der Waals surface area contributed by atoms with Gasteiger partial charge in [0.1, 0.15) is 33.9 Å². The van der Waals surface area contributed by atoms with Crippen LogP contribution in [0.3, 0.4) is 0 Å². The van der Waals surface area contributed by atoms with Crippen LogP contribution >= 0.6 is 0 Å². The molecule has 3 amide bonds. The lowest BCUT2D eigenvalue weighted by molar-refractivity contribution is 0.0525. The summed E-state index contributed by atoms with van der Waals surface area (Å²) in [7, 11) is 0. The zero-order chi connectivity index (χ0) is 40.4. The number of imidazole rings is 2. The average molecular weight is 778 g/mol. The van der Waals surface area contributed by atoms with Crippen molar-refractivity contribution in [1.29, 1.82) is 0 Å². The Labute approximate surface area is 326 Å². The molecule has 18 nitrogen and oxygen atoms in total. The van der Waals surface area contributed by atoms with Gasteiger partial charge in [0.2, 0.25) is 17.8 Å². The molecule has 57 heavy (non-hydrogen) atoms. The Morgan fingerprint density at radius 2 is 1.19 bits per heavy atom. The molecule has 296 valence electrons. The third-order valence-corrected chi connectivity index (χ3v) is 9.27. The van der Waals surface area contributed by atoms with E-state index in [0.717, 1.165) is 0 Å². The third kappa shape index (κ3) is 7.65. The Balaban J connectivity index is 1.32. The maximum Gasteiger partial charge on any atom is 0.338 e. The number of hydrogen-bond donors (Lipinski definition) is 3. The number of aromatic nitrogens is 8. The van der Waals surface area contributed by atoms with Crippen molar-refractivity contribution in [1.82, 2.24) is 38.7 Å². The van der Waals surface area contributed by atoms with Gasteiger partial charge in [-0.2, -0.15) is 10.2 Å². The fraction of sp³-hybridized carbons (Fsp3) is 0.333. The summed E-state index contributed by atoms with van der Waals surface area (Å²) in [5.74, 6) is -0.951. The van der Waals surface area contributed by atoms with Gasteiger partial charge < -0.3 is 29.1 Å². The number of benzene rings is 2. The Kier molecular flexibility index (Phi) is 10.8. The largest absolute Gasteiger partial charge is 0.491 e. The van der Waals surface area contributed by atoms with Gasteiger partial charge in [-0.1, -0.05) is 12.2 Å². The summed E-state index contributed by atoms with van der Waals surface area (Å²) >= 11 is 0. The topological polar surface area (TPSA) is 217 Å². The molecule has 0 bridgehead atoms. The second kappa shape index (κ2) is 16.0. The first-order valence-electron chi connectivity index (χ1n) is 18.7. The Morgan fingerprint density at radius 1 is 0.719 bits per heavy atom. The van der Waals surface area contributed by atoms with Gasteiger partial charge in [0.15, 0.2) is 0 Å². The van der Waals surface area contributed by atoms with Gasteiger partial charge in [0, 0.05) is 38.2 Å². The van der Waals surface area contributed by atoms with Crippen LogP contribution < -0.4 is 25.8 Å². The number of primary amides is 1. The number of ether oxygens (including phenoxy) is 3. The maximum atomic E-state index is 13.7. The molecule has 2 aromatic carbocycles. The number of nitrogens with one attached hydrogen (secondary N) is 2. The third-order valence-electron chi connectivity index (χ3n) is 9.27. The minimum atomic E-state index is -0.670. The zero-order valence-corrected chi connectivity index (χ0v) is 32.3. The molecule has 1 aliphatic rings. The van der Waals surface area contributed by atoms with E-state index in [0.29, 0.717) is 75.9 Å². The first kappa shape index (κ1) is 38.3. The van der Waals surface area contributed by atoms with Crippen molar-refractivity contribution in [3.05, 3.63) is 82.5 Å². The minimum Gasteiger partial charge on any atom is -0.491 e. The van der Waals surface area contributed by atoms with E-state index >= 15 is 0 Å². The van der Waals surface area contributed by atoms with E-state index in [1.807, 2.05) is 39.8 Å². The highest BCUT2D eigenvalue weighted by Gasteiger charge is 2.24. The van der Waals surface area contributed by atoms with E-state index in [-0.39, 0.29) is 55.9 Å². The van der Waals surface area contributed by atoms with Crippen LogP contribution in [0.4, 0.5) is 11.9 Å². The van der Waals surface area contributed by atoms with Gasteiger partial charge in [-0.3, -0.25) is 34.4 Å². The molecule has 0 saturated heterocycles. The lowest BCUT2D eigenvalue weighted by atomic mass is 10.1. The lowest BCUT2D eigenvalue weighted by Crippen LogP contribution is -2.20. The lowest BCUT2D eigenvalue weighted by Gasteiger charge is -2.14. The summed E-state index contributed by atoms with van der Waals surface area (Å²) in [6.45, 7) is 11.0. The second-order valence-electron chi connectivity index (χ2n) is 13.3. The standard InChI is InChI=1S/C39H43N11O7/c1-6-49-28(16-22(4)45-49)35(52)43-38-41-26-18-24(34(40)51)20-30-32(26)47(38)12-9-10-13-48-33-27(42-39(48)44-36(53)29-17-23(5)46-50(29)7-2)19-25(37(54)55-8-3)21-31(33)57-15-11-14-56-30/h9-10,16-21H,6-8,11-15H2,1-5H3,(H2,40,51)(H,41,43,52)(H,42,44,53)/b10-9+. The van der Waals surface area contributed by atoms with E-state index in [4.69, 9.17) is 29.9 Å². The number of hydrogen-bond acceptors (Lipinski definition) is 11. The number of carbonyl (C=O) groups is 4. The van der Waals surface area contributed by atoms with Crippen LogP contribution in [0.1, 0.15) is 80.3 Å². The normalized spacial score (nSPS) is 13.6. The maximum absolute atomic E-state index is 13.7. The number of aryl methyl sites for hydroxylation is 4. The number of carbonyl (C=O) groups excluding carboxylic acids is 4. The van der Waals surface area contributed by atoms with Crippen LogP contribution in [0, 0.1) is 13.8 Å². The van der Waals surface area contributed by atoms with Gasteiger partial charge in [-0.15, -0.1) is 0 Å². The first-order valence-corrected chi connectivity index (χ1v) is 18.7. The fourth-order valence-electron chi connectivity index (χ4n) is 6.75. The van der Waals surface area contributed by atoms with Crippen LogP contribution in [-0.2, 0) is 30.9 Å². The molecular formula is C39H43N11O7. The summed E-state index contributed by atoms with van der Waals surface area (Å²) in [6, 6.07) is 9.70. The Hall–Kier alpha value is -6.98. The zero-order valence-electron chi connectivity index (χ0n) is 32.3. The predicted molar refractivity (Wildman–Crippen MR) is 210 cm³/mol. The van der Waals surface area contributed by atoms with Crippen molar-refractivity contribution < 1.29 is 33.4 Å². The summed E-state index contributed by atoms with van der Waals surface area (Å²) in [6.07, 6.45) is 4.11. The van der Waals surface area contributed by atoms with Gasteiger partial charge in [-0.25, -0.2) is 14.8 Å². The molecule has 5 heterocycles. The van der Waals surface area contributed by atoms with Gasteiger partial charge >= 0.3 is 5.97 Å². The van der Waals surface area contributed by atoms with Crippen molar-refractivity contribution in [3.63, 3.8) is 0 Å². The quantitative estimate of drug-likeness (QED) is 0.136. The second-order valence-corrected chi connectivity index (χ2v) is 13.3. The molecule has 0 atom stereocenters. The number of rotatable bonds is 9. The van der Waals surface area contributed by atoms with Crippen molar-refractivity contribution in [2.75, 3.05) is 30.5 Å². The predicted octanol–water partition coefficient (Wildman–Crippen LogP) is 4.63.